The number of benzene rings is 2. The van der Waals surface area contributed by atoms with Gasteiger partial charge in [0.05, 0.1) is 12.1 Å². The monoisotopic (exact) mass is 449 g/mol. The van der Waals surface area contributed by atoms with E-state index in [0.29, 0.717) is 17.1 Å². The van der Waals surface area contributed by atoms with Crippen LogP contribution in [0.2, 0.25) is 0 Å². The molecule has 1 saturated heterocycles. The zero-order valence-electron chi connectivity index (χ0n) is 18.5. The van der Waals surface area contributed by atoms with Crippen LogP contribution in [0.5, 0.6) is 5.75 Å². The lowest BCUT2D eigenvalue weighted by Crippen LogP contribution is -2.51. The van der Waals surface area contributed by atoms with Crippen LogP contribution < -0.4 is 15.0 Å². The molecule has 33 heavy (non-hydrogen) atoms. The highest BCUT2D eigenvalue weighted by Crippen LogP contribution is 2.32. The van der Waals surface area contributed by atoms with Gasteiger partial charge in [-0.2, -0.15) is 0 Å². The van der Waals surface area contributed by atoms with E-state index >= 15 is 0 Å². The molecule has 1 heterocycles. The molecular weight excluding hydrogens is 422 g/mol. The largest absolute Gasteiger partial charge is 0.484 e. The molecule has 1 aliphatic carbocycles. The number of amides is 4. The van der Waals surface area contributed by atoms with E-state index in [0.717, 1.165) is 30.6 Å². The maximum absolute atomic E-state index is 13.4. The Hall–Kier alpha value is -3.68. The van der Waals surface area contributed by atoms with Gasteiger partial charge in [0.1, 0.15) is 11.8 Å². The summed E-state index contributed by atoms with van der Waals surface area (Å²) >= 11 is 0. The maximum Gasteiger partial charge on any atom is 0.261 e. The fourth-order valence-electron chi connectivity index (χ4n) is 4.55. The van der Waals surface area contributed by atoms with Crippen LogP contribution >= 0.6 is 0 Å². The second-order valence-electron chi connectivity index (χ2n) is 8.36. The average Bonchev–Trinajstić information content (AvgIpc) is 3.42. The van der Waals surface area contributed by atoms with Gasteiger partial charge >= 0.3 is 0 Å². The summed E-state index contributed by atoms with van der Waals surface area (Å²) in [4.78, 5) is 53.4. The highest BCUT2D eigenvalue weighted by atomic mass is 16.5. The molecule has 1 aliphatic heterocycles. The summed E-state index contributed by atoms with van der Waals surface area (Å²) in [6, 6.07) is 14.6. The lowest BCUT2D eigenvalue weighted by Gasteiger charge is -2.33. The first kappa shape index (κ1) is 22.5. The highest BCUT2D eigenvalue weighted by Gasteiger charge is 2.46. The smallest absolute Gasteiger partial charge is 0.261 e. The van der Waals surface area contributed by atoms with Gasteiger partial charge in [0.2, 0.25) is 11.8 Å². The van der Waals surface area contributed by atoms with Crippen LogP contribution in [-0.4, -0.2) is 47.2 Å². The third-order valence-corrected chi connectivity index (χ3v) is 6.02. The van der Waals surface area contributed by atoms with Gasteiger partial charge in [0.15, 0.2) is 6.61 Å². The number of hydrogen-bond acceptors (Lipinski definition) is 5. The second-order valence-corrected chi connectivity index (χ2v) is 8.36. The topological polar surface area (TPSA) is 96.0 Å². The molecule has 2 aromatic rings. The van der Waals surface area contributed by atoms with Crippen LogP contribution in [-0.2, 0) is 19.2 Å². The molecule has 1 atom stereocenters. The molecule has 2 aliphatic rings. The van der Waals surface area contributed by atoms with Crippen LogP contribution in [0.15, 0.2) is 54.6 Å². The summed E-state index contributed by atoms with van der Waals surface area (Å²) in [7, 11) is 0. The van der Waals surface area contributed by atoms with Crippen molar-refractivity contribution in [2.45, 2.75) is 51.1 Å². The number of carbonyl (C=O) groups excluding carboxylic acids is 4. The zero-order valence-corrected chi connectivity index (χ0v) is 18.5. The molecule has 0 spiro atoms. The minimum Gasteiger partial charge on any atom is -0.484 e. The predicted octanol–water partition coefficient (Wildman–Crippen LogP) is 3.13. The number of para-hydroxylation sites is 1. The molecule has 2 aromatic carbocycles. The van der Waals surface area contributed by atoms with Gasteiger partial charge in [-0.05, 0) is 49.2 Å². The molecule has 4 rings (SSSR count). The van der Waals surface area contributed by atoms with Gasteiger partial charge in [0.25, 0.3) is 11.8 Å². The molecule has 1 saturated carbocycles. The van der Waals surface area contributed by atoms with Crippen molar-refractivity contribution in [2.24, 2.45) is 0 Å². The standard InChI is InChI=1S/C25H27N3O5/c1-17(29)26-18-11-13-20(14-12-18)28-23(30)15-22(25(28)32)27(19-7-5-6-8-19)24(31)16-33-21-9-3-2-4-10-21/h2-4,9-14,19,22H,5-8,15-16H2,1H3,(H,26,29). The summed E-state index contributed by atoms with van der Waals surface area (Å²) in [6.07, 6.45) is 3.52. The van der Waals surface area contributed by atoms with Crippen LogP contribution in [0.25, 0.3) is 0 Å². The van der Waals surface area contributed by atoms with Gasteiger partial charge < -0.3 is 15.0 Å². The third kappa shape index (κ3) is 5.05. The number of hydrogen-bond donors (Lipinski definition) is 1. The van der Waals surface area contributed by atoms with E-state index in [1.165, 1.54) is 6.92 Å². The van der Waals surface area contributed by atoms with E-state index in [4.69, 9.17) is 4.74 Å². The Morgan fingerprint density at radius 3 is 2.33 bits per heavy atom. The number of nitrogens with one attached hydrogen (secondary N) is 1. The van der Waals surface area contributed by atoms with Gasteiger partial charge in [0, 0.05) is 18.7 Å². The Kier molecular flexibility index (Phi) is 6.72. The summed E-state index contributed by atoms with van der Waals surface area (Å²) < 4.78 is 5.65. The van der Waals surface area contributed by atoms with Gasteiger partial charge in [-0.3, -0.25) is 19.2 Å². The van der Waals surface area contributed by atoms with Gasteiger partial charge in [-0.15, -0.1) is 0 Å². The Labute approximate surface area is 192 Å². The fourth-order valence-corrected chi connectivity index (χ4v) is 4.55. The maximum atomic E-state index is 13.4. The molecule has 172 valence electrons. The number of anilines is 2. The van der Waals surface area contributed by atoms with E-state index in [1.807, 2.05) is 18.2 Å². The molecule has 1 N–H and O–H groups in total. The zero-order chi connectivity index (χ0) is 23.4. The van der Waals surface area contributed by atoms with E-state index in [2.05, 4.69) is 5.32 Å². The van der Waals surface area contributed by atoms with Crippen LogP contribution in [0.3, 0.4) is 0 Å². The summed E-state index contributed by atoms with van der Waals surface area (Å²) in [6.45, 7) is 1.21. The summed E-state index contributed by atoms with van der Waals surface area (Å²) in [5, 5.41) is 2.66. The van der Waals surface area contributed by atoms with Crippen LogP contribution in [0.1, 0.15) is 39.0 Å². The number of nitrogens with zero attached hydrogens (tertiary/aromatic N) is 2. The Bertz CT molecular complexity index is 1030. The molecule has 2 fully saturated rings. The number of ether oxygens (including phenoxy) is 1. The quantitative estimate of drug-likeness (QED) is 0.655. The lowest BCUT2D eigenvalue weighted by atomic mass is 10.1. The first-order valence-electron chi connectivity index (χ1n) is 11.2. The first-order valence-corrected chi connectivity index (χ1v) is 11.2. The lowest BCUT2D eigenvalue weighted by molar-refractivity contribution is -0.142. The van der Waals surface area contributed by atoms with Crippen molar-refractivity contribution in [1.29, 1.82) is 0 Å². The minimum atomic E-state index is -0.845. The van der Waals surface area contributed by atoms with Crippen molar-refractivity contribution < 1.29 is 23.9 Å². The van der Waals surface area contributed by atoms with Gasteiger partial charge in [-0.1, -0.05) is 31.0 Å². The molecule has 0 aromatic heterocycles. The first-order chi connectivity index (χ1) is 15.9. The normalized spacial score (nSPS) is 18.5. The molecule has 8 heteroatoms. The average molecular weight is 450 g/mol. The molecule has 1 unspecified atom stereocenters. The van der Waals surface area contributed by atoms with Gasteiger partial charge in [-0.25, -0.2) is 4.90 Å². The summed E-state index contributed by atoms with van der Waals surface area (Å²) in [5.74, 6) is -0.685. The number of rotatable bonds is 7. The Morgan fingerprint density at radius 2 is 1.70 bits per heavy atom. The Balaban J connectivity index is 1.52. The highest BCUT2D eigenvalue weighted by molar-refractivity contribution is 6.23. The molecule has 4 amide bonds. The van der Waals surface area contributed by atoms with Crippen molar-refractivity contribution >= 4 is 35.0 Å². The molecular formula is C25H27N3O5. The fraction of sp³-hybridized carbons (Fsp3) is 0.360. The number of imide groups is 1. The summed E-state index contributed by atoms with van der Waals surface area (Å²) in [5.41, 5.74) is 0.990. The SMILES string of the molecule is CC(=O)Nc1ccc(N2C(=O)CC(N(C(=O)COc3ccccc3)C3CCCC3)C2=O)cc1. The van der Waals surface area contributed by atoms with E-state index in [-0.39, 0.29) is 36.8 Å². The van der Waals surface area contributed by atoms with Crippen LogP contribution in [0.4, 0.5) is 11.4 Å². The Morgan fingerprint density at radius 1 is 1.03 bits per heavy atom. The second kappa shape index (κ2) is 9.85. The van der Waals surface area contributed by atoms with E-state index in [9.17, 15) is 19.2 Å². The molecule has 0 bridgehead atoms. The third-order valence-electron chi connectivity index (χ3n) is 6.02. The van der Waals surface area contributed by atoms with Crippen molar-refractivity contribution in [2.75, 3.05) is 16.8 Å². The number of carbonyl (C=O) groups is 4. The molecule has 0 radical (unpaired) electrons. The molecule has 8 nitrogen and oxygen atoms in total. The van der Waals surface area contributed by atoms with Crippen LogP contribution in [0, 0.1) is 0 Å². The van der Waals surface area contributed by atoms with E-state index in [1.54, 1.807) is 41.3 Å². The van der Waals surface area contributed by atoms with Crippen molar-refractivity contribution in [1.82, 2.24) is 4.90 Å². The van der Waals surface area contributed by atoms with Crippen molar-refractivity contribution in [3.63, 3.8) is 0 Å². The van der Waals surface area contributed by atoms with E-state index < -0.39 is 11.9 Å². The van der Waals surface area contributed by atoms with Crippen molar-refractivity contribution in [3.05, 3.63) is 54.6 Å². The minimum absolute atomic E-state index is 0.0557. The predicted molar refractivity (Wildman–Crippen MR) is 123 cm³/mol. The van der Waals surface area contributed by atoms with Crippen molar-refractivity contribution in [3.8, 4) is 5.75 Å².